The first-order chi connectivity index (χ1) is 13.9. The van der Waals surface area contributed by atoms with E-state index >= 15 is 0 Å². The minimum absolute atomic E-state index is 0.0374. The lowest BCUT2D eigenvalue weighted by Gasteiger charge is -2.37. The van der Waals surface area contributed by atoms with Gasteiger partial charge < -0.3 is 24.4 Å². The van der Waals surface area contributed by atoms with Gasteiger partial charge in [0, 0.05) is 24.3 Å². The maximum Gasteiger partial charge on any atom is 0.228 e. The lowest BCUT2D eigenvalue weighted by molar-refractivity contribution is -0.115. The number of nitrogens with one attached hydrogen (secondary N) is 1. The second kappa shape index (κ2) is 9.13. The molecular formula is C22H27FN2O4. The van der Waals surface area contributed by atoms with Crippen LogP contribution < -0.4 is 19.7 Å². The highest BCUT2D eigenvalue weighted by Crippen LogP contribution is 2.27. The minimum Gasteiger partial charge on any atom is -0.497 e. The summed E-state index contributed by atoms with van der Waals surface area (Å²) >= 11 is 0. The van der Waals surface area contributed by atoms with E-state index in [1.165, 1.54) is 6.07 Å². The number of halogens is 1. The summed E-state index contributed by atoms with van der Waals surface area (Å²) in [6.45, 7) is 5.20. The predicted octanol–water partition coefficient (Wildman–Crippen LogP) is 3.64. The molecule has 2 atom stereocenters. The number of carbonyl (C=O) groups is 1. The first kappa shape index (κ1) is 20.9. The van der Waals surface area contributed by atoms with Gasteiger partial charge in [-0.3, -0.25) is 4.79 Å². The fourth-order valence-electron chi connectivity index (χ4n) is 3.61. The summed E-state index contributed by atoms with van der Waals surface area (Å²) in [5, 5.41) is 2.75. The predicted molar refractivity (Wildman–Crippen MR) is 111 cm³/mol. The van der Waals surface area contributed by atoms with Gasteiger partial charge in [0.1, 0.15) is 17.3 Å². The number of anilines is 2. The van der Waals surface area contributed by atoms with Crippen LogP contribution in [0.4, 0.5) is 15.8 Å². The number of ether oxygens (including phenoxy) is 3. The lowest BCUT2D eigenvalue weighted by atomic mass is 10.1. The number of amides is 1. The average Bonchev–Trinajstić information content (AvgIpc) is 2.67. The molecule has 0 bridgehead atoms. The van der Waals surface area contributed by atoms with Crippen molar-refractivity contribution in [3.8, 4) is 11.5 Å². The molecule has 0 radical (unpaired) electrons. The Morgan fingerprint density at radius 1 is 1.14 bits per heavy atom. The molecule has 3 rings (SSSR count). The minimum atomic E-state index is -0.372. The van der Waals surface area contributed by atoms with Gasteiger partial charge in [-0.25, -0.2) is 4.39 Å². The molecule has 29 heavy (non-hydrogen) atoms. The van der Waals surface area contributed by atoms with Crippen molar-refractivity contribution in [1.82, 2.24) is 0 Å². The molecule has 156 valence electrons. The Labute approximate surface area is 170 Å². The van der Waals surface area contributed by atoms with E-state index in [1.54, 1.807) is 44.6 Å². The topological polar surface area (TPSA) is 60.0 Å². The van der Waals surface area contributed by atoms with Crippen LogP contribution in [0.3, 0.4) is 0 Å². The van der Waals surface area contributed by atoms with Crippen LogP contribution in [0.15, 0.2) is 36.4 Å². The van der Waals surface area contributed by atoms with E-state index in [2.05, 4.69) is 5.32 Å². The highest BCUT2D eigenvalue weighted by Gasteiger charge is 2.24. The van der Waals surface area contributed by atoms with Crippen molar-refractivity contribution in [2.45, 2.75) is 32.5 Å². The van der Waals surface area contributed by atoms with Crippen LogP contribution >= 0.6 is 0 Å². The van der Waals surface area contributed by atoms with Crippen LogP contribution in [0.5, 0.6) is 11.5 Å². The highest BCUT2D eigenvalue weighted by molar-refractivity contribution is 5.92. The zero-order valence-corrected chi connectivity index (χ0v) is 17.2. The Morgan fingerprint density at radius 3 is 2.48 bits per heavy atom. The van der Waals surface area contributed by atoms with Crippen molar-refractivity contribution in [2.75, 3.05) is 37.5 Å². The standard InChI is InChI=1S/C22H27FN2O4/c1-14-12-25(13-15(2)29-14)20-7-5-17(11-19(20)23)24-22(26)10-16-9-18(27-3)6-8-21(16)28-4/h5-9,11,14-15H,10,12-13H2,1-4H3,(H,24,26). The van der Waals surface area contributed by atoms with Gasteiger partial charge >= 0.3 is 0 Å². The molecule has 7 heteroatoms. The summed E-state index contributed by atoms with van der Waals surface area (Å²) in [4.78, 5) is 14.4. The van der Waals surface area contributed by atoms with Gasteiger partial charge in [0.05, 0.1) is 38.5 Å². The Kier molecular flexibility index (Phi) is 6.59. The van der Waals surface area contributed by atoms with Crippen molar-refractivity contribution in [3.63, 3.8) is 0 Å². The van der Waals surface area contributed by atoms with Gasteiger partial charge in [0.25, 0.3) is 0 Å². The average molecular weight is 402 g/mol. The number of methoxy groups -OCH3 is 2. The van der Waals surface area contributed by atoms with E-state index in [0.717, 1.165) is 0 Å². The van der Waals surface area contributed by atoms with E-state index < -0.39 is 0 Å². The molecule has 0 spiro atoms. The third-order valence-corrected chi connectivity index (χ3v) is 4.83. The third-order valence-electron chi connectivity index (χ3n) is 4.83. The number of nitrogens with zero attached hydrogens (tertiary/aromatic N) is 1. The molecule has 1 aliphatic heterocycles. The molecule has 2 aromatic rings. The van der Waals surface area contributed by atoms with Gasteiger partial charge in [-0.2, -0.15) is 0 Å². The summed E-state index contributed by atoms with van der Waals surface area (Å²) in [5.74, 6) is 0.594. The summed E-state index contributed by atoms with van der Waals surface area (Å²) in [5.41, 5.74) is 1.62. The fraction of sp³-hybridized carbons (Fsp3) is 0.409. The number of carbonyl (C=O) groups excluding carboxylic acids is 1. The Hall–Kier alpha value is -2.80. The number of hydrogen-bond acceptors (Lipinski definition) is 5. The summed E-state index contributed by atoms with van der Waals surface area (Å²) < 4.78 is 30.9. The lowest BCUT2D eigenvalue weighted by Crippen LogP contribution is -2.45. The van der Waals surface area contributed by atoms with Gasteiger partial charge in [-0.1, -0.05) is 0 Å². The first-order valence-corrected chi connectivity index (χ1v) is 9.60. The van der Waals surface area contributed by atoms with E-state index in [-0.39, 0.29) is 30.4 Å². The van der Waals surface area contributed by atoms with Crippen molar-refractivity contribution >= 4 is 17.3 Å². The summed E-state index contributed by atoms with van der Waals surface area (Å²) in [6, 6.07) is 10.0. The van der Waals surface area contributed by atoms with Crippen LogP contribution in [-0.4, -0.2) is 45.4 Å². The molecule has 1 amide bonds. The third kappa shape index (κ3) is 5.17. The number of benzene rings is 2. The zero-order valence-electron chi connectivity index (χ0n) is 17.2. The van der Waals surface area contributed by atoms with Gasteiger partial charge in [-0.05, 0) is 50.2 Å². The van der Waals surface area contributed by atoms with Gasteiger partial charge in [0.15, 0.2) is 0 Å². The monoisotopic (exact) mass is 402 g/mol. The zero-order chi connectivity index (χ0) is 21.0. The maximum absolute atomic E-state index is 14.7. The molecule has 6 nitrogen and oxygen atoms in total. The molecule has 1 saturated heterocycles. The molecule has 0 aliphatic carbocycles. The molecule has 1 aliphatic rings. The smallest absolute Gasteiger partial charge is 0.228 e. The molecule has 1 heterocycles. The maximum atomic E-state index is 14.7. The van der Waals surface area contributed by atoms with Crippen LogP contribution in [0, 0.1) is 5.82 Å². The number of morpholine rings is 1. The molecule has 2 aromatic carbocycles. The molecular weight excluding hydrogens is 375 g/mol. The molecule has 0 aromatic heterocycles. The van der Waals surface area contributed by atoms with E-state index in [4.69, 9.17) is 14.2 Å². The van der Waals surface area contributed by atoms with E-state index in [1.807, 2.05) is 18.7 Å². The van der Waals surface area contributed by atoms with Crippen LogP contribution in [-0.2, 0) is 16.0 Å². The van der Waals surface area contributed by atoms with Crippen molar-refractivity contribution in [1.29, 1.82) is 0 Å². The number of hydrogen-bond donors (Lipinski definition) is 1. The fourth-order valence-corrected chi connectivity index (χ4v) is 3.61. The largest absolute Gasteiger partial charge is 0.497 e. The second-order valence-electron chi connectivity index (χ2n) is 7.23. The van der Waals surface area contributed by atoms with Crippen molar-refractivity contribution < 1.29 is 23.4 Å². The molecule has 1 fully saturated rings. The van der Waals surface area contributed by atoms with Gasteiger partial charge in [0.2, 0.25) is 5.91 Å². The van der Waals surface area contributed by atoms with Crippen LogP contribution in [0.25, 0.3) is 0 Å². The summed E-state index contributed by atoms with van der Waals surface area (Å²) in [7, 11) is 3.11. The van der Waals surface area contributed by atoms with E-state index in [0.29, 0.717) is 41.5 Å². The Bertz CT molecular complexity index is 864. The first-order valence-electron chi connectivity index (χ1n) is 9.60. The normalized spacial score (nSPS) is 19.0. The quantitative estimate of drug-likeness (QED) is 0.800. The van der Waals surface area contributed by atoms with Crippen LogP contribution in [0.2, 0.25) is 0 Å². The Morgan fingerprint density at radius 2 is 1.86 bits per heavy atom. The highest BCUT2D eigenvalue weighted by atomic mass is 19.1. The molecule has 0 saturated carbocycles. The molecule has 2 unspecified atom stereocenters. The van der Waals surface area contributed by atoms with E-state index in [9.17, 15) is 9.18 Å². The second-order valence-corrected chi connectivity index (χ2v) is 7.23. The Balaban J connectivity index is 1.69. The summed E-state index contributed by atoms with van der Waals surface area (Å²) in [6.07, 6.45) is 0.160. The van der Waals surface area contributed by atoms with Crippen molar-refractivity contribution in [3.05, 3.63) is 47.8 Å². The van der Waals surface area contributed by atoms with Crippen molar-refractivity contribution in [2.24, 2.45) is 0 Å². The SMILES string of the molecule is COc1ccc(OC)c(CC(=O)Nc2ccc(N3CC(C)OC(C)C3)c(F)c2)c1. The molecule has 1 N–H and O–H groups in total. The number of rotatable bonds is 6. The van der Waals surface area contributed by atoms with Gasteiger partial charge in [-0.15, -0.1) is 0 Å². The van der Waals surface area contributed by atoms with Crippen LogP contribution in [0.1, 0.15) is 19.4 Å².